The second-order valence-corrected chi connectivity index (χ2v) is 7.93. The number of hydrogen-bond acceptors (Lipinski definition) is 5. The summed E-state index contributed by atoms with van der Waals surface area (Å²) in [6.45, 7) is 0.328. The molecule has 0 saturated heterocycles. The van der Waals surface area contributed by atoms with E-state index in [0.717, 1.165) is 11.8 Å². The van der Waals surface area contributed by atoms with Crippen LogP contribution in [0, 0.1) is 5.41 Å². The van der Waals surface area contributed by atoms with Crippen LogP contribution in [0.3, 0.4) is 0 Å². The van der Waals surface area contributed by atoms with Gasteiger partial charge in [0.05, 0.1) is 23.6 Å². The fourth-order valence-electron chi connectivity index (χ4n) is 3.47. The Balaban J connectivity index is 1.48. The van der Waals surface area contributed by atoms with E-state index in [-0.39, 0.29) is 23.9 Å². The lowest BCUT2D eigenvalue weighted by atomic mass is 10.1. The minimum atomic E-state index is -0.580. The molecule has 0 aliphatic carbocycles. The second-order valence-electron chi connectivity index (χ2n) is 7.49. The van der Waals surface area contributed by atoms with E-state index in [4.69, 9.17) is 27.5 Å². The highest BCUT2D eigenvalue weighted by Gasteiger charge is 2.26. The number of ether oxygens (including phenoxy) is 1. The third-order valence-corrected chi connectivity index (χ3v) is 5.43. The van der Waals surface area contributed by atoms with Gasteiger partial charge in [-0.3, -0.25) is 4.79 Å². The average Bonchev–Trinajstić information content (AvgIpc) is 2.85. The van der Waals surface area contributed by atoms with Gasteiger partial charge in [0.25, 0.3) is 5.91 Å². The van der Waals surface area contributed by atoms with Gasteiger partial charge in [0.15, 0.2) is 6.61 Å². The summed E-state index contributed by atoms with van der Waals surface area (Å²) in [6.07, 6.45) is 0.965. The van der Waals surface area contributed by atoms with Gasteiger partial charge in [0, 0.05) is 23.0 Å². The largest absolute Gasteiger partial charge is 0.481 e. The number of rotatable bonds is 6. The first-order valence-electron chi connectivity index (χ1n) is 10.4. The van der Waals surface area contributed by atoms with Crippen molar-refractivity contribution in [3.05, 3.63) is 94.6 Å². The molecule has 3 aromatic carbocycles. The maximum atomic E-state index is 12.6. The van der Waals surface area contributed by atoms with Crippen LogP contribution in [0.25, 0.3) is 5.70 Å². The molecule has 0 saturated carbocycles. The Morgan fingerprint density at radius 3 is 2.56 bits per heavy atom. The first kappa shape index (κ1) is 22.9. The number of nitrogens with one attached hydrogen (secondary N) is 3. The highest BCUT2D eigenvalue weighted by Crippen LogP contribution is 2.35. The Kier molecular flexibility index (Phi) is 6.79. The molecule has 1 heterocycles. The summed E-state index contributed by atoms with van der Waals surface area (Å²) < 4.78 is 5.59. The first-order valence-corrected chi connectivity index (χ1v) is 10.8. The second kappa shape index (κ2) is 10.1. The topological polar surface area (TPSA) is 121 Å². The molecule has 9 heteroatoms. The van der Waals surface area contributed by atoms with Crippen LogP contribution in [0.5, 0.6) is 5.75 Å². The first-order chi connectivity index (χ1) is 16.4. The molecule has 1 aliphatic heterocycles. The Labute approximate surface area is 201 Å². The van der Waals surface area contributed by atoms with E-state index < -0.39 is 6.03 Å². The van der Waals surface area contributed by atoms with Crippen molar-refractivity contribution in [1.82, 2.24) is 5.32 Å². The van der Waals surface area contributed by atoms with Crippen molar-refractivity contribution in [3.63, 3.8) is 0 Å². The summed E-state index contributed by atoms with van der Waals surface area (Å²) in [5, 5.41) is 13.5. The SMILES string of the molecule is N=C/C(NC(=O)Nc1ccc2c(c1)OCC(=O)N2Cc1ccccc1)=C(\N)c1ccc(Cl)cc1. The van der Waals surface area contributed by atoms with Crippen LogP contribution in [-0.2, 0) is 11.3 Å². The summed E-state index contributed by atoms with van der Waals surface area (Å²) in [4.78, 5) is 26.7. The van der Waals surface area contributed by atoms with Crippen LogP contribution >= 0.6 is 11.6 Å². The number of nitrogens with two attached hydrogens (primary N) is 1. The third kappa shape index (κ3) is 5.19. The monoisotopic (exact) mass is 475 g/mol. The summed E-state index contributed by atoms with van der Waals surface area (Å²) in [6, 6.07) is 20.9. The van der Waals surface area contributed by atoms with Crippen molar-refractivity contribution >= 4 is 46.8 Å². The molecule has 0 fully saturated rings. The van der Waals surface area contributed by atoms with Crippen LogP contribution < -0.4 is 26.0 Å². The molecule has 34 heavy (non-hydrogen) atoms. The third-order valence-electron chi connectivity index (χ3n) is 5.18. The van der Waals surface area contributed by atoms with Crippen molar-refractivity contribution in [2.24, 2.45) is 5.73 Å². The number of nitrogens with zero attached hydrogens (tertiary/aromatic N) is 1. The number of hydrogen-bond donors (Lipinski definition) is 4. The zero-order chi connectivity index (χ0) is 24.1. The molecular formula is C25H22ClN5O3. The predicted molar refractivity (Wildman–Crippen MR) is 133 cm³/mol. The molecule has 172 valence electrons. The molecule has 3 amide bonds. The summed E-state index contributed by atoms with van der Waals surface area (Å²) in [5.41, 5.74) is 9.17. The standard InChI is InChI=1S/C25H22ClN5O3/c26-18-8-6-17(7-9-18)24(28)20(13-27)30-25(33)29-19-10-11-21-22(12-19)34-15-23(32)31(21)14-16-4-2-1-3-5-16/h1-13,27H,14-15,28H2,(H2,29,30,33)/b24-20+,27-13?. The van der Waals surface area contributed by atoms with E-state index in [9.17, 15) is 9.59 Å². The molecule has 0 radical (unpaired) electrons. The molecule has 4 rings (SSSR count). The zero-order valence-corrected chi connectivity index (χ0v) is 18.8. The van der Waals surface area contributed by atoms with Crippen LogP contribution in [0.2, 0.25) is 5.02 Å². The van der Waals surface area contributed by atoms with Gasteiger partial charge >= 0.3 is 6.03 Å². The van der Waals surface area contributed by atoms with Gasteiger partial charge in [-0.15, -0.1) is 0 Å². The lowest BCUT2D eigenvalue weighted by Crippen LogP contribution is -2.38. The molecule has 1 aliphatic rings. The molecule has 3 aromatic rings. The number of fused-ring (bicyclic) bond motifs is 1. The van der Waals surface area contributed by atoms with Gasteiger partial charge in [-0.05, 0) is 35.4 Å². The molecule has 0 spiro atoms. The minimum Gasteiger partial charge on any atom is -0.481 e. The van der Waals surface area contributed by atoms with E-state index in [0.29, 0.717) is 34.3 Å². The van der Waals surface area contributed by atoms with Crippen molar-refractivity contribution in [3.8, 4) is 5.75 Å². The number of allylic oxidation sites excluding steroid dienone is 1. The van der Waals surface area contributed by atoms with E-state index >= 15 is 0 Å². The summed E-state index contributed by atoms with van der Waals surface area (Å²) >= 11 is 5.90. The summed E-state index contributed by atoms with van der Waals surface area (Å²) in [7, 11) is 0. The number of amides is 3. The van der Waals surface area contributed by atoms with Crippen molar-refractivity contribution in [1.29, 1.82) is 5.41 Å². The smallest absolute Gasteiger partial charge is 0.323 e. The maximum absolute atomic E-state index is 12.6. The van der Waals surface area contributed by atoms with Gasteiger partial charge in [-0.25, -0.2) is 4.79 Å². The van der Waals surface area contributed by atoms with Crippen LogP contribution in [0.4, 0.5) is 16.2 Å². The summed E-state index contributed by atoms with van der Waals surface area (Å²) in [5.74, 6) is 0.338. The average molecular weight is 476 g/mol. The molecular weight excluding hydrogens is 454 g/mol. The maximum Gasteiger partial charge on any atom is 0.323 e. The number of carbonyl (C=O) groups is 2. The van der Waals surface area contributed by atoms with Gasteiger partial charge < -0.3 is 31.4 Å². The Morgan fingerprint density at radius 2 is 1.85 bits per heavy atom. The highest BCUT2D eigenvalue weighted by molar-refractivity contribution is 6.30. The fraction of sp³-hybridized carbons (Fsp3) is 0.0800. The minimum absolute atomic E-state index is 0.0895. The molecule has 5 N–H and O–H groups in total. The number of urea groups is 1. The predicted octanol–water partition coefficient (Wildman–Crippen LogP) is 4.36. The molecule has 0 atom stereocenters. The fourth-order valence-corrected chi connectivity index (χ4v) is 3.60. The zero-order valence-electron chi connectivity index (χ0n) is 18.0. The van der Waals surface area contributed by atoms with Crippen molar-refractivity contribution in [2.75, 3.05) is 16.8 Å². The Hall–Kier alpha value is -4.30. The van der Waals surface area contributed by atoms with Crippen molar-refractivity contribution < 1.29 is 14.3 Å². The molecule has 0 aromatic heterocycles. The van der Waals surface area contributed by atoms with Crippen molar-refractivity contribution in [2.45, 2.75) is 6.54 Å². The van der Waals surface area contributed by atoms with Crippen LogP contribution in [0.15, 0.2) is 78.5 Å². The van der Waals surface area contributed by atoms with E-state index in [1.165, 1.54) is 0 Å². The molecule has 0 bridgehead atoms. The van der Waals surface area contributed by atoms with Crippen LogP contribution in [0.1, 0.15) is 11.1 Å². The highest BCUT2D eigenvalue weighted by atomic mass is 35.5. The van der Waals surface area contributed by atoms with E-state index in [1.807, 2.05) is 30.3 Å². The quantitative estimate of drug-likeness (QED) is 0.396. The lowest BCUT2D eigenvalue weighted by Gasteiger charge is -2.29. The molecule has 0 unspecified atom stereocenters. The van der Waals surface area contributed by atoms with E-state index in [1.54, 1.807) is 47.4 Å². The number of anilines is 2. The molecule has 8 nitrogen and oxygen atoms in total. The van der Waals surface area contributed by atoms with E-state index in [2.05, 4.69) is 10.6 Å². The van der Waals surface area contributed by atoms with Gasteiger partial charge in [-0.1, -0.05) is 54.1 Å². The normalized spacial score (nSPS) is 13.3. The number of carbonyl (C=O) groups excluding carboxylic acids is 2. The van der Waals surface area contributed by atoms with Crippen LogP contribution in [-0.4, -0.2) is 24.8 Å². The number of benzene rings is 3. The van der Waals surface area contributed by atoms with Gasteiger partial charge in [-0.2, -0.15) is 0 Å². The lowest BCUT2D eigenvalue weighted by molar-refractivity contribution is -0.121. The Morgan fingerprint density at radius 1 is 1.12 bits per heavy atom. The number of halogens is 1. The van der Waals surface area contributed by atoms with Gasteiger partial charge in [0.1, 0.15) is 5.75 Å². The van der Waals surface area contributed by atoms with Gasteiger partial charge in [0.2, 0.25) is 0 Å². The Bertz CT molecular complexity index is 1260.